The molecule has 0 aliphatic carbocycles. The second kappa shape index (κ2) is 5.90. The standard InChI is InChI=1S/C13H14IN3O2S/c1-7-11(20-6-15-7)12-16-10(9(14)13(18)17-12)8-2-4-19-5-3-8/h6,8H,2-5H2,1H3,(H,16,17,18). The molecule has 3 heterocycles. The molecule has 2 aromatic rings. The van der Waals surface area contributed by atoms with Gasteiger partial charge in [0.15, 0.2) is 5.82 Å². The summed E-state index contributed by atoms with van der Waals surface area (Å²) in [6.07, 6.45) is 1.85. The molecule has 1 aliphatic rings. The maximum Gasteiger partial charge on any atom is 0.264 e. The minimum absolute atomic E-state index is 0.0649. The lowest BCUT2D eigenvalue weighted by Gasteiger charge is -2.22. The van der Waals surface area contributed by atoms with Crippen molar-refractivity contribution in [2.45, 2.75) is 25.7 Å². The summed E-state index contributed by atoms with van der Waals surface area (Å²) in [5, 5.41) is 0. The van der Waals surface area contributed by atoms with E-state index in [1.54, 1.807) is 5.51 Å². The van der Waals surface area contributed by atoms with E-state index in [-0.39, 0.29) is 5.56 Å². The first-order valence-electron chi connectivity index (χ1n) is 6.44. The summed E-state index contributed by atoms with van der Waals surface area (Å²) in [6, 6.07) is 0. The summed E-state index contributed by atoms with van der Waals surface area (Å²) < 4.78 is 6.08. The molecule has 0 bridgehead atoms. The lowest BCUT2D eigenvalue weighted by Crippen LogP contribution is -2.22. The summed E-state index contributed by atoms with van der Waals surface area (Å²) in [4.78, 5) is 24.9. The Balaban J connectivity index is 2.08. The number of thiazole rings is 1. The topological polar surface area (TPSA) is 67.9 Å². The average molecular weight is 403 g/mol. The second-order valence-electron chi connectivity index (χ2n) is 4.77. The Morgan fingerprint density at radius 1 is 1.45 bits per heavy atom. The molecule has 0 aromatic carbocycles. The number of ether oxygens (including phenoxy) is 1. The molecule has 20 heavy (non-hydrogen) atoms. The summed E-state index contributed by atoms with van der Waals surface area (Å²) in [5.41, 5.74) is 3.51. The van der Waals surface area contributed by atoms with Crippen LogP contribution in [-0.2, 0) is 4.74 Å². The highest BCUT2D eigenvalue weighted by molar-refractivity contribution is 14.1. The number of hydrogen-bond acceptors (Lipinski definition) is 5. The Morgan fingerprint density at radius 3 is 2.85 bits per heavy atom. The van der Waals surface area contributed by atoms with E-state index in [9.17, 15) is 4.79 Å². The van der Waals surface area contributed by atoms with Gasteiger partial charge in [0, 0.05) is 19.1 Å². The number of rotatable bonds is 2. The monoisotopic (exact) mass is 403 g/mol. The Labute approximate surface area is 134 Å². The summed E-state index contributed by atoms with van der Waals surface area (Å²) in [5.74, 6) is 0.946. The molecule has 1 N–H and O–H groups in total. The Morgan fingerprint density at radius 2 is 2.20 bits per heavy atom. The van der Waals surface area contributed by atoms with E-state index in [0.717, 1.165) is 42.3 Å². The van der Waals surface area contributed by atoms with Gasteiger partial charge in [0.1, 0.15) is 3.57 Å². The number of hydrogen-bond donors (Lipinski definition) is 1. The largest absolute Gasteiger partial charge is 0.381 e. The van der Waals surface area contributed by atoms with E-state index in [4.69, 9.17) is 9.72 Å². The number of nitrogens with one attached hydrogen (secondary N) is 1. The fourth-order valence-corrected chi connectivity index (χ4v) is 3.80. The van der Waals surface area contributed by atoms with Gasteiger partial charge < -0.3 is 9.72 Å². The van der Waals surface area contributed by atoms with Crippen LogP contribution in [0.1, 0.15) is 30.1 Å². The molecule has 7 heteroatoms. The van der Waals surface area contributed by atoms with Crippen LogP contribution in [0.2, 0.25) is 0 Å². The van der Waals surface area contributed by atoms with Crippen molar-refractivity contribution in [3.05, 3.63) is 30.8 Å². The number of halogens is 1. The molecule has 1 saturated heterocycles. The van der Waals surface area contributed by atoms with Gasteiger partial charge in [-0.15, -0.1) is 11.3 Å². The van der Waals surface area contributed by atoms with Crippen molar-refractivity contribution >= 4 is 33.9 Å². The predicted octanol–water partition coefficient (Wildman–Crippen LogP) is 2.70. The van der Waals surface area contributed by atoms with Crippen LogP contribution in [0.5, 0.6) is 0 Å². The molecule has 0 atom stereocenters. The summed E-state index contributed by atoms with van der Waals surface area (Å²) >= 11 is 3.59. The predicted molar refractivity (Wildman–Crippen MR) is 86.2 cm³/mol. The fourth-order valence-electron chi connectivity index (χ4n) is 2.35. The number of H-pyrrole nitrogens is 1. The third kappa shape index (κ3) is 2.66. The molecule has 3 rings (SSSR count). The van der Waals surface area contributed by atoms with Gasteiger partial charge in [0.25, 0.3) is 5.56 Å². The lowest BCUT2D eigenvalue weighted by molar-refractivity contribution is 0.0843. The van der Waals surface area contributed by atoms with Crippen molar-refractivity contribution in [2.24, 2.45) is 0 Å². The van der Waals surface area contributed by atoms with Crippen LogP contribution < -0.4 is 5.56 Å². The fraction of sp³-hybridized carbons (Fsp3) is 0.462. The van der Waals surface area contributed by atoms with Crippen molar-refractivity contribution < 1.29 is 4.74 Å². The van der Waals surface area contributed by atoms with Crippen LogP contribution in [0.25, 0.3) is 10.7 Å². The van der Waals surface area contributed by atoms with Gasteiger partial charge in [-0.25, -0.2) is 9.97 Å². The minimum atomic E-state index is -0.0649. The third-order valence-electron chi connectivity index (χ3n) is 3.46. The number of aromatic amines is 1. The first-order valence-corrected chi connectivity index (χ1v) is 8.40. The smallest absolute Gasteiger partial charge is 0.264 e. The Hall–Kier alpha value is -0.800. The van der Waals surface area contributed by atoms with E-state index in [1.807, 2.05) is 6.92 Å². The first kappa shape index (κ1) is 14.2. The van der Waals surface area contributed by atoms with Crippen LogP contribution >= 0.6 is 33.9 Å². The quantitative estimate of drug-likeness (QED) is 0.784. The van der Waals surface area contributed by atoms with Crippen LogP contribution in [0.4, 0.5) is 0 Å². The second-order valence-corrected chi connectivity index (χ2v) is 6.70. The van der Waals surface area contributed by atoms with E-state index >= 15 is 0 Å². The number of aromatic nitrogens is 3. The normalized spacial score (nSPS) is 16.5. The van der Waals surface area contributed by atoms with Crippen LogP contribution in [0.3, 0.4) is 0 Å². The molecule has 0 radical (unpaired) electrons. The summed E-state index contributed by atoms with van der Waals surface area (Å²) in [6.45, 7) is 3.41. The van der Waals surface area contributed by atoms with Crippen molar-refractivity contribution in [3.8, 4) is 10.7 Å². The molecule has 0 spiro atoms. The van der Waals surface area contributed by atoms with Gasteiger partial charge in [-0.3, -0.25) is 4.79 Å². The molecule has 1 fully saturated rings. The van der Waals surface area contributed by atoms with Gasteiger partial charge in [-0.05, 0) is 42.4 Å². The number of nitrogens with zero attached hydrogens (tertiary/aromatic N) is 2. The SMILES string of the molecule is Cc1ncsc1-c1nc(C2CCOCC2)c(I)c(=O)[nH]1. The van der Waals surface area contributed by atoms with E-state index in [0.29, 0.717) is 15.3 Å². The molecule has 106 valence electrons. The van der Waals surface area contributed by atoms with Crippen LogP contribution in [0, 0.1) is 10.5 Å². The van der Waals surface area contributed by atoms with E-state index in [1.165, 1.54) is 11.3 Å². The molecule has 1 aliphatic heterocycles. The zero-order valence-corrected chi connectivity index (χ0v) is 14.0. The Bertz CT molecular complexity index is 676. The Kier molecular flexibility index (Phi) is 4.18. The van der Waals surface area contributed by atoms with Gasteiger partial charge >= 0.3 is 0 Å². The highest BCUT2D eigenvalue weighted by Gasteiger charge is 2.23. The maximum absolute atomic E-state index is 12.2. The first-order chi connectivity index (χ1) is 9.66. The molecular formula is C13H14IN3O2S. The van der Waals surface area contributed by atoms with Crippen molar-refractivity contribution in [1.82, 2.24) is 15.0 Å². The van der Waals surface area contributed by atoms with E-state index < -0.39 is 0 Å². The highest BCUT2D eigenvalue weighted by Crippen LogP contribution is 2.30. The zero-order valence-electron chi connectivity index (χ0n) is 11.0. The molecule has 0 saturated carbocycles. The molecule has 0 amide bonds. The zero-order chi connectivity index (χ0) is 14.1. The molecule has 2 aromatic heterocycles. The van der Waals surface area contributed by atoms with Crippen molar-refractivity contribution in [3.63, 3.8) is 0 Å². The van der Waals surface area contributed by atoms with Crippen molar-refractivity contribution in [1.29, 1.82) is 0 Å². The van der Waals surface area contributed by atoms with Gasteiger partial charge in [0.2, 0.25) is 0 Å². The number of aryl methyl sites for hydroxylation is 1. The molecular weight excluding hydrogens is 389 g/mol. The van der Waals surface area contributed by atoms with Gasteiger partial charge in [0.05, 0.1) is 21.8 Å². The minimum Gasteiger partial charge on any atom is -0.381 e. The molecule has 0 unspecified atom stereocenters. The van der Waals surface area contributed by atoms with E-state index in [2.05, 4.69) is 32.6 Å². The van der Waals surface area contributed by atoms with Gasteiger partial charge in [-0.2, -0.15) is 0 Å². The third-order valence-corrected chi connectivity index (χ3v) is 5.43. The summed E-state index contributed by atoms with van der Waals surface area (Å²) in [7, 11) is 0. The average Bonchev–Trinajstić information content (AvgIpc) is 2.89. The van der Waals surface area contributed by atoms with Crippen LogP contribution in [-0.4, -0.2) is 28.2 Å². The van der Waals surface area contributed by atoms with Gasteiger partial charge in [-0.1, -0.05) is 0 Å². The van der Waals surface area contributed by atoms with Crippen molar-refractivity contribution in [2.75, 3.05) is 13.2 Å². The molecule has 5 nitrogen and oxygen atoms in total. The highest BCUT2D eigenvalue weighted by atomic mass is 127. The maximum atomic E-state index is 12.2. The lowest BCUT2D eigenvalue weighted by atomic mass is 9.96. The van der Waals surface area contributed by atoms with Crippen LogP contribution in [0.15, 0.2) is 10.3 Å².